The quantitative estimate of drug-likeness (QED) is 0.847. The maximum atomic E-state index is 5.93. The number of fused-ring (bicyclic) bond motifs is 1. The zero-order valence-corrected chi connectivity index (χ0v) is 11.9. The molecular weight excluding hydrogens is 254 g/mol. The van der Waals surface area contributed by atoms with Crippen molar-refractivity contribution in [1.82, 2.24) is 20.2 Å². The number of anilines is 1. The van der Waals surface area contributed by atoms with Gasteiger partial charge in [-0.25, -0.2) is 0 Å². The average Bonchev–Trinajstić information content (AvgIpc) is 3.13. The molecule has 1 aliphatic carbocycles. The lowest BCUT2D eigenvalue weighted by molar-refractivity contribution is 0.246. The first-order valence-electron chi connectivity index (χ1n) is 7.44. The molecule has 2 heterocycles. The van der Waals surface area contributed by atoms with Crippen LogP contribution in [0.25, 0.3) is 11.0 Å². The van der Waals surface area contributed by atoms with Crippen molar-refractivity contribution >= 4 is 17.0 Å². The second-order valence-corrected chi connectivity index (χ2v) is 5.37. The average molecular weight is 275 g/mol. The Labute approximate surface area is 118 Å². The first-order chi connectivity index (χ1) is 9.86. The van der Waals surface area contributed by atoms with Crippen LogP contribution in [0, 0.1) is 5.92 Å². The molecule has 1 saturated carbocycles. The van der Waals surface area contributed by atoms with Gasteiger partial charge in [0.1, 0.15) is 5.39 Å². The van der Waals surface area contributed by atoms with E-state index in [9.17, 15) is 0 Å². The summed E-state index contributed by atoms with van der Waals surface area (Å²) in [6.07, 6.45) is 7.93. The Balaban J connectivity index is 1.77. The SMILES string of the molecule is CCCNc1nc(OCC2CCCC2)c2cn[nH]c2n1. The lowest BCUT2D eigenvalue weighted by Crippen LogP contribution is -2.11. The number of H-pyrrole nitrogens is 1. The van der Waals surface area contributed by atoms with Gasteiger partial charge in [0.05, 0.1) is 12.8 Å². The van der Waals surface area contributed by atoms with Crippen LogP contribution in [0.5, 0.6) is 5.88 Å². The van der Waals surface area contributed by atoms with Gasteiger partial charge in [-0.15, -0.1) is 0 Å². The number of nitrogens with one attached hydrogen (secondary N) is 2. The summed E-state index contributed by atoms with van der Waals surface area (Å²) in [5.74, 6) is 1.90. The molecule has 0 atom stereocenters. The minimum atomic E-state index is 0.602. The second-order valence-electron chi connectivity index (χ2n) is 5.37. The summed E-state index contributed by atoms with van der Waals surface area (Å²) in [6, 6.07) is 0. The number of ether oxygens (including phenoxy) is 1. The molecule has 0 aliphatic heterocycles. The molecule has 6 heteroatoms. The standard InChI is InChI=1S/C14H21N5O/c1-2-7-15-14-17-12-11(8-16-19-12)13(18-14)20-9-10-5-3-4-6-10/h8,10H,2-7,9H2,1H3,(H2,15,16,17,18,19). The molecule has 0 spiro atoms. The Morgan fingerprint density at radius 3 is 3.00 bits per heavy atom. The summed E-state index contributed by atoms with van der Waals surface area (Å²) in [7, 11) is 0. The number of hydrogen-bond acceptors (Lipinski definition) is 5. The molecule has 0 unspecified atom stereocenters. The van der Waals surface area contributed by atoms with Crippen LogP contribution in [0.2, 0.25) is 0 Å². The van der Waals surface area contributed by atoms with Crippen molar-refractivity contribution in [3.63, 3.8) is 0 Å². The molecule has 2 aromatic rings. The van der Waals surface area contributed by atoms with Gasteiger partial charge in [0, 0.05) is 6.54 Å². The van der Waals surface area contributed by atoms with E-state index in [-0.39, 0.29) is 0 Å². The van der Waals surface area contributed by atoms with Gasteiger partial charge in [-0.05, 0) is 25.2 Å². The summed E-state index contributed by atoms with van der Waals surface area (Å²) >= 11 is 0. The lowest BCUT2D eigenvalue weighted by Gasteiger charge is -2.12. The van der Waals surface area contributed by atoms with Crippen LogP contribution in [0.1, 0.15) is 39.0 Å². The van der Waals surface area contributed by atoms with Crippen molar-refractivity contribution in [1.29, 1.82) is 0 Å². The van der Waals surface area contributed by atoms with E-state index in [1.807, 2.05) is 0 Å². The normalized spacial score (nSPS) is 15.8. The fourth-order valence-corrected chi connectivity index (χ4v) is 2.61. The van der Waals surface area contributed by atoms with Crippen LogP contribution < -0.4 is 10.1 Å². The van der Waals surface area contributed by atoms with Crippen LogP contribution in [0.3, 0.4) is 0 Å². The third-order valence-corrected chi connectivity index (χ3v) is 3.74. The molecule has 0 aromatic carbocycles. The molecule has 20 heavy (non-hydrogen) atoms. The van der Waals surface area contributed by atoms with Gasteiger partial charge in [0.15, 0.2) is 5.65 Å². The molecule has 1 aliphatic rings. The van der Waals surface area contributed by atoms with E-state index >= 15 is 0 Å². The molecular formula is C14H21N5O. The maximum Gasteiger partial charge on any atom is 0.229 e. The van der Waals surface area contributed by atoms with E-state index in [0.29, 0.717) is 17.7 Å². The van der Waals surface area contributed by atoms with E-state index < -0.39 is 0 Å². The van der Waals surface area contributed by atoms with Crippen molar-refractivity contribution in [2.24, 2.45) is 5.92 Å². The fraction of sp³-hybridized carbons (Fsp3) is 0.643. The van der Waals surface area contributed by atoms with Crippen LogP contribution >= 0.6 is 0 Å². The first-order valence-corrected chi connectivity index (χ1v) is 7.44. The molecule has 0 radical (unpaired) electrons. The highest BCUT2D eigenvalue weighted by atomic mass is 16.5. The summed E-state index contributed by atoms with van der Waals surface area (Å²) in [6.45, 7) is 3.70. The highest BCUT2D eigenvalue weighted by Gasteiger charge is 2.17. The molecule has 0 amide bonds. The molecule has 0 bridgehead atoms. The Bertz CT molecular complexity index is 562. The van der Waals surface area contributed by atoms with Gasteiger partial charge in [-0.3, -0.25) is 5.10 Å². The van der Waals surface area contributed by atoms with E-state index in [0.717, 1.165) is 30.6 Å². The lowest BCUT2D eigenvalue weighted by atomic mass is 10.1. The summed E-state index contributed by atoms with van der Waals surface area (Å²) < 4.78 is 5.93. The third kappa shape index (κ3) is 2.84. The molecule has 6 nitrogen and oxygen atoms in total. The van der Waals surface area contributed by atoms with Crippen molar-refractivity contribution in [3.8, 4) is 5.88 Å². The number of nitrogens with zero attached hydrogens (tertiary/aromatic N) is 3. The molecule has 3 rings (SSSR count). The molecule has 2 aromatic heterocycles. The van der Waals surface area contributed by atoms with E-state index in [4.69, 9.17) is 4.74 Å². The minimum absolute atomic E-state index is 0.602. The highest BCUT2D eigenvalue weighted by molar-refractivity contribution is 5.80. The number of aromatic amines is 1. The van der Waals surface area contributed by atoms with E-state index in [1.165, 1.54) is 25.7 Å². The molecule has 108 valence electrons. The summed E-state index contributed by atoms with van der Waals surface area (Å²) in [5.41, 5.74) is 0.722. The number of hydrogen-bond donors (Lipinski definition) is 2. The zero-order valence-electron chi connectivity index (χ0n) is 11.9. The smallest absolute Gasteiger partial charge is 0.229 e. The highest BCUT2D eigenvalue weighted by Crippen LogP contribution is 2.27. The van der Waals surface area contributed by atoms with Crippen LogP contribution in [-0.2, 0) is 0 Å². The van der Waals surface area contributed by atoms with Gasteiger partial charge in [0.25, 0.3) is 0 Å². The second kappa shape index (κ2) is 6.07. The number of aromatic nitrogens is 4. The van der Waals surface area contributed by atoms with Crippen LogP contribution in [-0.4, -0.2) is 33.3 Å². The summed E-state index contributed by atoms with van der Waals surface area (Å²) in [5, 5.41) is 11.0. The fourth-order valence-electron chi connectivity index (χ4n) is 2.61. The zero-order chi connectivity index (χ0) is 13.8. The van der Waals surface area contributed by atoms with E-state index in [1.54, 1.807) is 6.20 Å². The Kier molecular flexibility index (Phi) is 3.99. The van der Waals surface area contributed by atoms with Crippen LogP contribution in [0.15, 0.2) is 6.20 Å². The third-order valence-electron chi connectivity index (χ3n) is 3.74. The Hall–Kier alpha value is -1.85. The van der Waals surface area contributed by atoms with Gasteiger partial charge >= 0.3 is 0 Å². The Morgan fingerprint density at radius 1 is 1.35 bits per heavy atom. The van der Waals surface area contributed by atoms with Gasteiger partial charge in [-0.1, -0.05) is 19.8 Å². The molecule has 1 fully saturated rings. The molecule has 0 saturated heterocycles. The van der Waals surface area contributed by atoms with Crippen molar-refractivity contribution in [2.75, 3.05) is 18.5 Å². The first kappa shape index (κ1) is 13.1. The Morgan fingerprint density at radius 2 is 2.20 bits per heavy atom. The van der Waals surface area contributed by atoms with Gasteiger partial charge in [0.2, 0.25) is 11.8 Å². The predicted molar refractivity (Wildman–Crippen MR) is 77.9 cm³/mol. The largest absolute Gasteiger partial charge is 0.477 e. The van der Waals surface area contributed by atoms with Gasteiger partial charge < -0.3 is 10.1 Å². The maximum absolute atomic E-state index is 5.93. The van der Waals surface area contributed by atoms with Crippen molar-refractivity contribution in [2.45, 2.75) is 39.0 Å². The van der Waals surface area contributed by atoms with Crippen LogP contribution in [0.4, 0.5) is 5.95 Å². The van der Waals surface area contributed by atoms with Crippen molar-refractivity contribution < 1.29 is 4.74 Å². The predicted octanol–water partition coefficient (Wildman–Crippen LogP) is 2.74. The van der Waals surface area contributed by atoms with Gasteiger partial charge in [-0.2, -0.15) is 15.1 Å². The van der Waals surface area contributed by atoms with E-state index in [2.05, 4.69) is 32.4 Å². The monoisotopic (exact) mass is 275 g/mol. The summed E-state index contributed by atoms with van der Waals surface area (Å²) in [4.78, 5) is 8.86. The number of rotatable bonds is 6. The topological polar surface area (TPSA) is 75.7 Å². The molecule has 2 N–H and O–H groups in total. The minimum Gasteiger partial charge on any atom is -0.477 e. The van der Waals surface area contributed by atoms with Crippen molar-refractivity contribution in [3.05, 3.63) is 6.20 Å².